The number of primary amides is 1. The average Bonchev–Trinajstić information content (AvgIpc) is 2.28. The van der Waals surface area contributed by atoms with E-state index in [9.17, 15) is 14.4 Å². The molecular formula is C13H16BrN3O4. The number of nitrogens with two attached hydrogens (primary N) is 1. The fraction of sp³-hybridized carbons (Fsp3) is 0.308. The normalized spacial score (nSPS) is 10.8. The Morgan fingerprint density at radius 2 is 1.95 bits per heavy atom. The van der Waals surface area contributed by atoms with E-state index in [1.165, 1.54) is 12.1 Å². The van der Waals surface area contributed by atoms with Crippen LogP contribution >= 0.6 is 15.9 Å². The van der Waals surface area contributed by atoms with Crippen LogP contribution in [0.15, 0.2) is 22.7 Å². The number of aromatic carboxylic acids is 1. The largest absolute Gasteiger partial charge is 0.478 e. The summed E-state index contributed by atoms with van der Waals surface area (Å²) < 4.78 is 0.412. The highest BCUT2D eigenvalue weighted by Crippen LogP contribution is 2.21. The van der Waals surface area contributed by atoms with E-state index >= 15 is 0 Å². The van der Waals surface area contributed by atoms with Crippen LogP contribution in [0.1, 0.15) is 30.6 Å². The Bertz CT molecular complexity index is 587. The molecule has 0 unspecified atom stereocenters. The smallest absolute Gasteiger partial charge is 0.336 e. The lowest BCUT2D eigenvalue weighted by Gasteiger charge is -2.24. The second-order valence-corrected chi connectivity index (χ2v) is 5.96. The minimum Gasteiger partial charge on any atom is -0.478 e. The van der Waals surface area contributed by atoms with Crippen molar-refractivity contribution in [2.75, 3.05) is 5.32 Å². The number of halogens is 1. The molecule has 0 aromatic heterocycles. The number of carbonyl (C=O) groups excluding carboxylic acids is 2. The number of rotatable bonds is 5. The molecule has 0 aliphatic carbocycles. The van der Waals surface area contributed by atoms with Crippen LogP contribution in [0.3, 0.4) is 0 Å². The first-order valence-corrected chi connectivity index (χ1v) is 6.80. The lowest BCUT2D eigenvalue weighted by molar-refractivity contribution is -0.119. The Balaban J connectivity index is 2.78. The van der Waals surface area contributed by atoms with Gasteiger partial charge >= 0.3 is 12.0 Å². The van der Waals surface area contributed by atoms with Crippen LogP contribution in [0.2, 0.25) is 0 Å². The third-order valence-electron chi connectivity index (χ3n) is 2.52. The van der Waals surface area contributed by atoms with Crippen LogP contribution in [-0.4, -0.2) is 28.6 Å². The SMILES string of the molecule is CC(C)(CC(N)=O)NC(=O)Nc1ccc(Br)c(C(=O)O)c1. The van der Waals surface area contributed by atoms with Gasteiger partial charge in [0.25, 0.3) is 0 Å². The molecule has 3 amide bonds. The van der Waals surface area contributed by atoms with Gasteiger partial charge in [0.15, 0.2) is 0 Å². The fourth-order valence-electron chi connectivity index (χ4n) is 1.72. The van der Waals surface area contributed by atoms with Crippen LogP contribution < -0.4 is 16.4 Å². The van der Waals surface area contributed by atoms with Crippen molar-refractivity contribution in [3.8, 4) is 0 Å². The molecule has 1 aromatic rings. The average molecular weight is 358 g/mol. The summed E-state index contributed by atoms with van der Waals surface area (Å²) in [7, 11) is 0. The minimum absolute atomic E-state index is 0.0128. The second-order valence-electron chi connectivity index (χ2n) is 5.11. The van der Waals surface area contributed by atoms with Crippen molar-refractivity contribution in [1.82, 2.24) is 5.32 Å². The standard InChI is InChI=1S/C13H16BrN3O4/c1-13(2,6-10(15)18)17-12(21)16-7-3-4-9(14)8(5-7)11(19)20/h3-5H,6H2,1-2H3,(H2,15,18)(H,19,20)(H2,16,17,21). The lowest BCUT2D eigenvalue weighted by Crippen LogP contribution is -2.47. The van der Waals surface area contributed by atoms with Gasteiger partial charge in [-0.25, -0.2) is 9.59 Å². The molecule has 0 aliphatic rings. The summed E-state index contributed by atoms with van der Waals surface area (Å²) in [6, 6.07) is 3.85. The molecule has 21 heavy (non-hydrogen) atoms. The van der Waals surface area contributed by atoms with Crippen LogP contribution in [0.25, 0.3) is 0 Å². The van der Waals surface area contributed by atoms with Gasteiger partial charge in [0.2, 0.25) is 5.91 Å². The highest BCUT2D eigenvalue weighted by Gasteiger charge is 2.23. The van der Waals surface area contributed by atoms with E-state index in [1.807, 2.05) is 0 Å². The monoisotopic (exact) mass is 357 g/mol. The Morgan fingerprint density at radius 1 is 1.33 bits per heavy atom. The van der Waals surface area contributed by atoms with Gasteiger partial charge in [-0.15, -0.1) is 0 Å². The van der Waals surface area contributed by atoms with Crippen molar-refractivity contribution in [1.29, 1.82) is 0 Å². The van der Waals surface area contributed by atoms with Gasteiger partial charge in [-0.1, -0.05) is 0 Å². The number of carboxylic acid groups (broad SMARTS) is 1. The maximum Gasteiger partial charge on any atom is 0.336 e. The Labute approximate surface area is 130 Å². The number of carbonyl (C=O) groups is 3. The molecule has 0 radical (unpaired) electrons. The predicted octanol–water partition coefficient (Wildman–Crippen LogP) is 1.92. The van der Waals surface area contributed by atoms with Gasteiger partial charge in [0.1, 0.15) is 0 Å². The van der Waals surface area contributed by atoms with Crippen LogP contribution in [0.4, 0.5) is 10.5 Å². The van der Waals surface area contributed by atoms with Crippen molar-refractivity contribution in [3.05, 3.63) is 28.2 Å². The van der Waals surface area contributed by atoms with Crippen molar-refractivity contribution >= 4 is 39.5 Å². The summed E-state index contributed by atoms with van der Waals surface area (Å²) in [6.45, 7) is 3.31. The molecule has 5 N–H and O–H groups in total. The van der Waals surface area contributed by atoms with Crippen molar-refractivity contribution in [3.63, 3.8) is 0 Å². The lowest BCUT2D eigenvalue weighted by atomic mass is 10.0. The zero-order valence-electron chi connectivity index (χ0n) is 11.6. The highest BCUT2D eigenvalue weighted by atomic mass is 79.9. The molecule has 1 rings (SSSR count). The Morgan fingerprint density at radius 3 is 2.48 bits per heavy atom. The topological polar surface area (TPSA) is 122 Å². The van der Waals surface area contributed by atoms with Crippen LogP contribution in [-0.2, 0) is 4.79 Å². The Kier molecular flexibility index (Phi) is 5.31. The second kappa shape index (κ2) is 6.57. The molecule has 1 aromatic carbocycles. The first kappa shape index (κ1) is 17.0. The van der Waals surface area contributed by atoms with E-state index in [-0.39, 0.29) is 12.0 Å². The molecule has 7 nitrogen and oxygen atoms in total. The van der Waals surface area contributed by atoms with Gasteiger partial charge in [-0.2, -0.15) is 0 Å². The molecule has 0 spiro atoms. The summed E-state index contributed by atoms with van der Waals surface area (Å²) in [4.78, 5) is 33.7. The number of benzene rings is 1. The molecular weight excluding hydrogens is 342 g/mol. The van der Waals surface area contributed by atoms with E-state index < -0.39 is 23.4 Å². The van der Waals surface area contributed by atoms with Crippen molar-refractivity contribution in [2.45, 2.75) is 25.8 Å². The maximum absolute atomic E-state index is 11.8. The van der Waals surface area contributed by atoms with Gasteiger partial charge in [0.05, 0.1) is 5.56 Å². The first-order chi connectivity index (χ1) is 9.60. The van der Waals surface area contributed by atoms with Gasteiger partial charge in [0, 0.05) is 22.1 Å². The minimum atomic E-state index is -1.11. The molecule has 0 fully saturated rings. The van der Waals surface area contributed by atoms with E-state index in [0.717, 1.165) is 0 Å². The number of carboxylic acids is 1. The molecule has 0 saturated carbocycles. The van der Waals surface area contributed by atoms with Crippen molar-refractivity contribution in [2.24, 2.45) is 5.73 Å². The first-order valence-electron chi connectivity index (χ1n) is 6.01. The zero-order chi connectivity index (χ0) is 16.2. The van der Waals surface area contributed by atoms with Crippen LogP contribution in [0, 0.1) is 0 Å². The van der Waals surface area contributed by atoms with Gasteiger partial charge in [-0.05, 0) is 48.0 Å². The summed E-state index contributed by atoms with van der Waals surface area (Å²) in [5.74, 6) is -1.64. The molecule has 8 heteroatoms. The number of hydrogen-bond acceptors (Lipinski definition) is 3. The molecule has 0 saturated heterocycles. The summed E-state index contributed by atoms with van der Waals surface area (Å²) >= 11 is 3.11. The number of hydrogen-bond donors (Lipinski definition) is 4. The highest BCUT2D eigenvalue weighted by molar-refractivity contribution is 9.10. The molecule has 0 heterocycles. The van der Waals surface area contributed by atoms with Gasteiger partial charge < -0.3 is 21.5 Å². The quantitative estimate of drug-likeness (QED) is 0.642. The van der Waals surface area contributed by atoms with Crippen molar-refractivity contribution < 1.29 is 19.5 Å². The molecule has 0 aliphatic heterocycles. The van der Waals surface area contributed by atoms with Gasteiger partial charge in [-0.3, -0.25) is 4.79 Å². The summed E-state index contributed by atoms with van der Waals surface area (Å²) in [5.41, 5.74) is 4.64. The molecule has 0 atom stereocenters. The van der Waals surface area contributed by atoms with E-state index in [1.54, 1.807) is 19.9 Å². The maximum atomic E-state index is 11.8. The van der Waals surface area contributed by atoms with E-state index in [4.69, 9.17) is 10.8 Å². The Hall–Kier alpha value is -2.09. The van der Waals surface area contributed by atoms with Crippen LogP contribution in [0.5, 0.6) is 0 Å². The fourth-order valence-corrected chi connectivity index (χ4v) is 2.13. The molecule has 114 valence electrons. The third kappa shape index (κ3) is 5.42. The molecule has 0 bridgehead atoms. The summed E-state index contributed by atoms with van der Waals surface area (Å²) in [5, 5.41) is 14.1. The number of anilines is 1. The number of amides is 3. The third-order valence-corrected chi connectivity index (χ3v) is 3.21. The predicted molar refractivity (Wildman–Crippen MR) is 81.1 cm³/mol. The number of nitrogens with one attached hydrogen (secondary N) is 2. The summed E-state index contributed by atoms with van der Waals surface area (Å²) in [6.07, 6.45) is -0.0128. The van der Waals surface area contributed by atoms with E-state index in [2.05, 4.69) is 26.6 Å². The zero-order valence-corrected chi connectivity index (χ0v) is 13.2. The number of urea groups is 1. The van der Waals surface area contributed by atoms with E-state index in [0.29, 0.717) is 10.2 Å².